The zero-order chi connectivity index (χ0) is 17.8. The molecule has 1 aromatic heterocycles. The van der Waals surface area contributed by atoms with E-state index in [4.69, 9.17) is 0 Å². The monoisotopic (exact) mass is 413 g/mol. The van der Waals surface area contributed by atoms with E-state index in [-0.39, 0.29) is 0 Å². The lowest BCUT2D eigenvalue weighted by Gasteiger charge is -2.04. The van der Waals surface area contributed by atoms with Crippen molar-refractivity contribution in [2.75, 3.05) is 0 Å². The fourth-order valence-corrected chi connectivity index (χ4v) is 3.58. The summed E-state index contributed by atoms with van der Waals surface area (Å²) in [5.74, 6) is 0.540. The van der Waals surface area contributed by atoms with Crippen LogP contribution in [0, 0.1) is 0 Å². The SMILES string of the molecule is CC(C)c1ccc(/C=N\N=c2\scc(-c3ccc(Br)cc3)n2C)cc1. The maximum Gasteiger partial charge on any atom is 0.210 e. The lowest BCUT2D eigenvalue weighted by molar-refractivity contribution is 0.863. The molecular formula is C20H20BrN3S. The highest BCUT2D eigenvalue weighted by molar-refractivity contribution is 9.10. The number of aromatic nitrogens is 1. The van der Waals surface area contributed by atoms with Gasteiger partial charge in [-0.2, -0.15) is 5.10 Å². The van der Waals surface area contributed by atoms with Gasteiger partial charge in [0.25, 0.3) is 0 Å². The predicted molar refractivity (Wildman–Crippen MR) is 110 cm³/mol. The fraction of sp³-hybridized carbons (Fsp3) is 0.200. The molecule has 0 bridgehead atoms. The largest absolute Gasteiger partial charge is 0.318 e. The van der Waals surface area contributed by atoms with Crippen molar-refractivity contribution in [1.82, 2.24) is 4.57 Å². The van der Waals surface area contributed by atoms with Crippen molar-refractivity contribution in [3.8, 4) is 11.3 Å². The van der Waals surface area contributed by atoms with Crippen LogP contribution in [0.5, 0.6) is 0 Å². The van der Waals surface area contributed by atoms with Crippen molar-refractivity contribution in [3.05, 3.63) is 74.3 Å². The summed E-state index contributed by atoms with van der Waals surface area (Å²) in [5, 5.41) is 10.7. The van der Waals surface area contributed by atoms with Crippen molar-refractivity contribution in [2.45, 2.75) is 19.8 Å². The van der Waals surface area contributed by atoms with E-state index in [1.54, 1.807) is 17.6 Å². The number of hydrogen-bond donors (Lipinski definition) is 0. The zero-order valence-electron chi connectivity index (χ0n) is 14.5. The van der Waals surface area contributed by atoms with Crippen molar-refractivity contribution in [3.63, 3.8) is 0 Å². The number of benzene rings is 2. The van der Waals surface area contributed by atoms with Gasteiger partial charge in [-0.25, -0.2) is 0 Å². The van der Waals surface area contributed by atoms with Crippen LogP contribution in [-0.2, 0) is 7.05 Å². The van der Waals surface area contributed by atoms with Gasteiger partial charge < -0.3 is 4.57 Å². The first-order valence-electron chi connectivity index (χ1n) is 8.12. The second-order valence-corrected chi connectivity index (χ2v) is 7.89. The molecule has 0 unspecified atom stereocenters. The molecule has 0 atom stereocenters. The molecular weight excluding hydrogens is 394 g/mol. The van der Waals surface area contributed by atoms with Crippen molar-refractivity contribution < 1.29 is 0 Å². The Bertz CT molecular complexity index is 932. The Kier molecular flexibility index (Phi) is 5.66. The summed E-state index contributed by atoms with van der Waals surface area (Å²) in [6, 6.07) is 16.7. The number of nitrogens with zero attached hydrogens (tertiary/aromatic N) is 3. The Morgan fingerprint density at radius 1 is 1.04 bits per heavy atom. The third kappa shape index (κ3) is 4.35. The molecule has 128 valence electrons. The van der Waals surface area contributed by atoms with Gasteiger partial charge in [0, 0.05) is 16.9 Å². The normalized spacial score (nSPS) is 12.4. The van der Waals surface area contributed by atoms with Crippen LogP contribution >= 0.6 is 27.3 Å². The topological polar surface area (TPSA) is 29.6 Å². The molecule has 0 amide bonds. The number of halogens is 1. The Balaban J connectivity index is 1.81. The van der Waals surface area contributed by atoms with Crippen LogP contribution in [0.4, 0.5) is 0 Å². The summed E-state index contributed by atoms with van der Waals surface area (Å²) in [6.07, 6.45) is 1.79. The van der Waals surface area contributed by atoms with Gasteiger partial charge in [-0.1, -0.05) is 66.2 Å². The number of hydrogen-bond acceptors (Lipinski definition) is 3. The smallest absolute Gasteiger partial charge is 0.210 e. The van der Waals surface area contributed by atoms with Crippen LogP contribution in [0.3, 0.4) is 0 Å². The molecule has 0 aliphatic rings. The van der Waals surface area contributed by atoms with Gasteiger partial charge in [-0.05, 0) is 34.7 Å². The first-order valence-corrected chi connectivity index (χ1v) is 9.79. The van der Waals surface area contributed by atoms with E-state index < -0.39 is 0 Å². The van der Waals surface area contributed by atoms with Crippen LogP contribution < -0.4 is 4.80 Å². The standard InChI is InChI=1S/C20H20BrN3S/c1-14(2)16-6-4-15(5-7-16)12-22-23-20-24(3)19(13-25-20)17-8-10-18(21)11-9-17/h4-14H,1-3H3/b22-12-,23-20+. The van der Waals surface area contributed by atoms with E-state index >= 15 is 0 Å². The van der Waals surface area contributed by atoms with Gasteiger partial charge in [0.05, 0.1) is 11.9 Å². The van der Waals surface area contributed by atoms with Gasteiger partial charge in [-0.3, -0.25) is 0 Å². The highest BCUT2D eigenvalue weighted by atomic mass is 79.9. The molecule has 0 saturated heterocycles. The minimum absolute atomic E-state index is 0.540. The second-order valence-electron chi connectivity index (χ2n) is 6.14. The molecule has 2 aromatic carbocycles. The minimum atomic E-state index is 0.540. The van der Waals surface area contributed by atoms with Crippen molar-refractivity contribution in [2.24, 2.45) is 17.3 Å². The van der Waals surface area contributed by atoms with Gasteiger partial charge >= 0.3 is 0 Å². The van der Waals surface area contributed by atoms with Crippen LogP contribution in [0.2, 0.25) is 0 Å². The van der Waals surface area contributed by atoms with Crippen LogP contribution in [0.25, 0.3) is 11.3 Å². The maximum atomic E-state index is 4.36. The molecule has 3 rings (SSSR count). The van der Waals surface area contributed by atoms with Crippen molar-refractivity contribution >= 4 is 33.5 Å². The third-order valence-electron chi connectivity index (χ3n) is 4.02. The Morgan fingerprint density at radius 2 is 1.72 bits per heavy atom. The summed E-state index contributed by atoms with van der Waals surface area (Å²) < 4.78 is 3.14. The van der Waals surface area contributed by atoms with E-state index in [0.717, 1.165) is 26.1 Å². The molecule has 0 aliphatic heterocycles. The Hall–Kier alpha value is -1.98. The second kappa shape index (κ2) is 7.93. The van der Waals surface area contributed by atoms with E-state index in [2.05, 4.69) is 86.3 Å². The Labute approximate surface area is 160 Å². The molecule has 5 heteroatoms. The lowest BCUT2D eigenvalue weighted by Crippen LogP contribution is -2.10. The summed E-state index contributed by atoms with van der Waals surface area (Å²) in [5.41, 5.74) is 4.68. The minimum Gasteiger partial charge on any atom is -0.318 e. The Morgan fingerprint density at radius 3 is 2.36 bits per heavy atom. The third-order valence-corrected chi connectivity index (χ3v) is 5.45. The molecule has 0 N–H and O–H groups in total. The van der Waals surface area contributed by atoms with E-state index in [0.29, 0.717) is 5.92 Å². The fourth-order valence-electron chi connectivity index (χ4n) is 2.45. The van der Waals surface area contributed by atoms with Crippen LogP contribution in [-0.4, -0.2) is 10.8 Å². The van der Waals surface area contributed by atoms with Crippen LogP contribution in [0.1, 0.15) is 30.9 Å². The van der Waals surface area contributed by atoms with Crippen LogP contribution in [0.15, 0.2) is 68.6 Å². The summed E-state index contributed by atoms with van der Waals surface area (Å²) in [7, 11) is 2.01. The summed E-state index contributed by atoms with van der Waals surface area (Å²) in [4.78, 5) is 0.868. The average molecular weight is 414 g/mol. The van der Waals surface area contributed by atoms with Gasteiger partial charge in [0.15, 0.2) is 0 Å². The lowest BCUT2D eigenvalue weighted by atomic mass is 10.0. The van der Waals surface area contributed by atoms with Gasteiger partial charge in [0.1, 0.15) is 0 Å². The zero-order valence-corrected chi connectivity index (χ0v) is 16.9. The molecule has 0 saturated carbocycles. The van der Waals surface area contributed by atoms with E-state index in [1.807, 2.05) is 19.2 Å². The van der Waals surface area contributed by atoms with Gasteiger partial charge in [0.2, 0.25) is 4.80 Å². The summed E-state index contributed by atoms with van der Waals surface area (Å²) >= 11 is 5.06. The molecule has 3 nitrogen and oxygen atoms in total. The summed E-state index contributed by atoms with van der Waals surface area (Å²) in [6.45, 7) is 4.39. The highest BCUT2D eigenvalue weighted by Crippen LogP contribution is 2.21. The first kappa shape index (κ1) is 17.8. The highest BCUT2D eigenvalue weighted by Gasteiger charge is 2.04. The molecule has 25 heavy (non-hydrogen) atoms. The maximum absolute atomic E-state index is 4.36. The molecule has 0 spiro atoms. The van der Waals surface area contributed by atoms with Crippen molar-refractivity contribution in [1.29, 1.82) is 0 Å². The molecule has 0 radical (unpaired) electrons. The van der Waals surface area contributed by atoms with E-state index in [1.165, 1.54) is 5.56 Å². The molecule has 3 aromatic rings. The quantitative estimate of drug-likeness (QED) is 0.395. The average Bonchev–Trinajstić information content (AvgIpc) is 2.97. The van der Waals surface area contributed by atoms with E-state index in [9.17, 15) is 0 Å². The number of thiazole rings is 1. The molecule has 0 fully saturated rings. The first-order chi connectivity index (χ1) is 12.0. The predicted octanol–water partition coefficient (Wildman–Crippen LogP) is 5.57. The molecule has 1 heterocycles. The number of rotatable bonds is 4. The molecule has 0 aliphatic carbocycles. The van der Waals surface area contributed by atoms with Gasteiger partial charge in [-0.15, -0.1) is 16.4 Å².